The van der Waals surface area contributed by atoms with Crippen LogP contribution in [0, 0.1) is 6.92 Å². The summed E-state index contributed by atoms with van der Waals surface area (Å²) < 4.78 is 38.0. The van der Waals surface area contributed by atoms with Crippen molar-refractivity contribution in [1.82, 2.24) is 4.98 Å². The first kappa shape index (κ1) is 17.8. The van der Waals surface area contributed by atoms with Crippen LogP contribution in [0.25, 0.3) is 0 Å². The fourth-order valence-corrected chi connectivity index (χ4v) is 2.92. The Labute approximate surface area is 143 Å². The molecule has 2 rings (SSSR count). The van der Waals surface area contributed by atoms with Crippen molar-refractivity contribution >= 4 is 39.3 Å². The lowest BCUT2D eigenvalue weighted by Gasteiger charge is -2.08. The molecular formula is C15H12BrF3N2OS. The van der Waals surface area contributed by atoms with Gasteiger partial charge in [0.2, 0.25) is 5.91 Å². The third-order valence-electron chi connectivity index (χ3n) is 2.81. The summed E-state index contributed by atoms with van der Waals surface area (Å²) >= 11 is 4.43. The number of amides is 1. The molecule has 3 nitrogen and oxygen atoms in total. The Morgan fingerprint density at radius 2 is 2.04 bits per heavy atom. The minimum atomic E-state index is -4.41. The van der Waals surface area contributed by atoms with E-state index in [1.165, 1.54) is 6.07 Å². The van der Waals surface area contributed by atoms with Gasteiger partial charge in [0.25, 0.3) is 0 Å². The second-order valence-corrected chi connectivity index (χ2v) is 6.55. The largest absolute Gasteiger partial charge is 0.417 e. The van der Waals surface area contributed by atoms with Crippen molar-refractivity contribution in [3.8, 4) is 0 Å². The lowest BCUT2D eigenvalue weighted by molar-refractivity contribution is -0.137. The molecule has 2 aromatic rings. The van der Waals surface area contributed by atoms with Gasteiger partial charge in [-0.25, -0.2) is 4.98 Å². The predicted octanol–water partition coefficient (Wildman–Crippen LogP) is 4.90. The van der Waals surface area contributed by atoms with Crippen LogP contribution in [0.3, 0.4) is 0 Å². The van der Waals surface area contributed by atoms with Gasteiger partial charge in [-0.2, -0.15) is 13.2 Å². The van der Waals surface area contributed by atoms with Crippen LogP contribution in [-0.2, 0) is 11.0 Å². The van der Waals surface area contributed by atoms with E-state index in [4.69, 9.17) is 0 Å². The van der Waals surface area contributed by atoms with E-state index in [9.17, 15) is 18.0 Å². The topological polar surface area (TPSA) is 42.0 Å². The van der Waals surface area contributed by atoms with Gasteiger partial charge in [-0.15, -0.1) is 0 Å². The number of carbonyl (C=O) groups excluding carboxylic acids is 1. The molecule has 1 aromatic heterocycles. The number of pyridine rings is 1. The van der Waals surface area contributed by atoms with Crippen molar-refractivity contribution < 1.29 is 18.0 Å². The summed E-state index contributed by atoms with van der Waals surface area (Å²) in [6, 6.07) is 7.72. The highest BCUT2D eigenvalue weighted by atomic mass is 79.9. The van der Waals surface area contributed by atoms with Gasteiger partial charge in [0.05, 0.1) is 22.0 Å². The number of aromatic nitrogens is 1. The van der Waals surface area contributed by atoms with E-state index in [2.05, 4.69) is 26.2 Å². The number of anilines is 1. The number of aryl methyl sites for hydroxylation is 1. The van der Waals surface area contributed by atoms with Crippen LogP contribution in [0.1, 0.15) is 11.1 Å². The zero-order chi connectivity index (χ0) is 17.0. The van der Waals surface area contributed by atoms with Gasteiger partial charge < -0.3 is 5.32 Å². The van der Waals surface area contributed by atoms with Crippen LogP contribution >= 0.6 is 27.7 Å². The summed E-state index contributed by atoms with van der Waals surface area (Å²) in [6.07, 6.45) is -3.65. The summed E-state index contributed by atoms with van der Waals surface area (Å²) in [5.41, 5.74) is 0.884. The van der Waals surface area contributed by atoms with Crippen molar-refractivity contribution in [3.63, 3.8) is 0 Å². The van der Waals surface area contributed by atoms with E-state index < -0.39 is 11.7 Å². The molecule has 0 atom stereocenters. The second kappa shape index (κ2) is 7.35. The fraction of sp³-hybridized carbons (Fsp3) is 0.200. The second-order valence-electron chi connectivity index (χ2n) is 4.70. The number of benzene rings is 1. The molecule has 1 heterocycles. The molecule has 0 unspecified atom stereocenters. The Kier molecular flexibility index (Phi) is 5.69. The van der Waals surface area contributed by atoms with Crippen molar-refractivity contribution in [2.75, 3.05) is 11.1 Å². The van der Waals surface area contributed by atoms with E-state index >= 15 is 0 Å². The number of thioether (sulfide) groups is 1. The molecule has 0 aliphatic heterocycles. The number of hydrogen-bond acceptors (Lipinski definition) is 3. The van der Waals surface area contributed by atoms with E-state index in [0.717, 1.165) is 34.1 Å². The zero-order valence-corrected chi connectivity index (χ0v) is 14.3. The maximum absolute atomic E-state index is 12.4. The molecule has 1 N–H and O–H groups in total. The first-order valence-electron chi connectivity index (χ1n) is 6.48. The zero-order valence-electron chi connectivity index (χ0n) is 11.9. The fourth-order valence-electron chi connectivity index (χ4n) is 1.68. The summed E-state index contributed by atoms with van der Waals surface area (Å²) in [5.74, 6) is -0.208. The Balaban J connectivity index is 1.91. The first-order valence-corrected chi connectivity index (χ1v) is 8.25. The third-order valence-corrected chi connectivity index (χ3v) is 4.41. The highest BCUT2D eigenvalue weighted by Gasteiger charge is 2.30. The number of nitrogens with zero attached hydrogens (tertiary/aromatic N) is 1. The van der Waals surface area contributed by atoms with E-state index in [0.29, 0.717) is 10.7 Å². The van der Waals surface area contributed by atoms with Crippen molar-refractivity contribution in [1.29, 1.82) is 0 Å². The third kappa shape index (κ3) is 5.24. The monoisotopic (exact) mass is 404 g/mol. The molecule has 122 valence electrons. The maximum Gasteiger partial charge on any atom is 0.417 e. The van der Waals surface area contributed by atoms with Crippen LogP contribution in [0.4, 0.5) is 18.9 Å². The lowest BCUT2D eigenvalue weighted by atomic mass is 10.2. The normalized spacial score (nSPS) is 11.3. The van der Waals surface area contributed by atoms with E-state index in [1.54, 1.807) is 6.07 Å². The van der Waals surface area contributed by atoms with Crippen LogP contribution < -0.4 is 5.32 Å². The molecule has 8 heteroatoms. The minimum absolute atomic E-state index is 0.0542. The standard InChI is InChI=1S/C15H12BrF3N2OS/c1-9-2-4-12(11(16)6-9)21-13(22)8-23-14-5-3-10(7-20-14)15(17,18)19/h2-7H,8H2,1H3,(H,21,22). The van der Waals surface area contributed by atoms with E-state index in [1.807, 2.05) is 19.1 Å². The number of carbonyl (C=O) groups is 1. The summed E-state index contributed by atoms with van der Waals surface area (Å²) in [4.78, 5) is 15.6. The first-order chi connectivity index (χ1) is 10.8. The summed E-state index contributed by atoms with van der Waals surface area (Å²) in [5, 5.41) is 3.09. The lowest BCUT2D eigenvalue weighted by Crippen LogP contribution is -2.14. The molecule has 0 radical (unpaired) electrons. The molecule has 1 amide bonds. The van der Waals surface area contributed by atoms with Gasteiger partial charge in [-0.1, -0.05) is 17.8 Å². The van der Waals surface area contributed by atoms with Crippen LogP contribution in [0.2, 0.25) is 0 Å². The van der Waals surface area contributed by atoms with Gasteiger partial charge in [0.15, 0.2) is 0 Å². The maximum atomic E-state index is 12.4. The Bertz CT molecular complexity index is 705. The quantitative estimate of drug-likeness (QED) is 0.736. The Morgan fingerprint density at radius 3 is 2.61 bits per heavy atom. The van der Waals surface area contributed by atoms with Gasteiger partial charge in [0, 0.05) is 10.7 Å². The van der Waals surface area contributed by atoms with Crippen LogP contribution in [0.15, 0.2) is 46.0 Å². The molecule has 1 aromatic carbocycles. The molecule has 0 spiro atoms. The number of nitrogens with one attached hydrogen (secondary N) is 1. The Hall–Kier alpha value is -1.54. The molecule has 0 aliphatic carbocycles. The molecule has 0 aliphatic rings. The number of hydrogen-bond donors (Lipinski definition) is 1. The number of halogens is 4. The average Bonchev–Trinajstić information content (AvgIpc) is 2.47. The molecule has 0 fully saturated rings. The molecule has 23 heavy (non-hydrogen) atoms. The summed E-state index contributed by atoms with van der Waals surface area (Å²) in [6.45, 7) is 1.93. The number of rotatable bonds is 4. The van der Waals surface area contributed by atoms with E-state index in [-0.39, 0.29) is 11.7 Å². The summed E-state index contributed by atoms with van der Waals surface area (Å²) in [7, 11) is 0. The average molecular weight is 405 g/mol. The van der Waals surface area contributed by atoms with Gasteiger partial charge in [0.1, 0.15) is 0 Å². The highest BCUT2D eigenvalue weighted by molar-refractivity contribution is 9.10. The molecule has 0 saturated heterocycles. The van der Waals surface area contributed by atoms with Crippen molar-refractivity contribution in [3.05, 3.63) is 52.1 Å². The minimum Gasteiger partial charge on any atom is -0.324 e. The molecular weight excluding hydrogens is 393 g/mol. The van der Waals surface area contributed by atoms with Gasteiger partial charge in [-0.3, -0.25) is 4.79 Å². The SMILES string of the molecule is Cc1ccc(NC(=O)CSc2ccc(C(F)(F)F)cn2)c(Br)c1. The Morgan fingerprint density at radius 1 is 1.30 bits per heavy atom. The number of alkyl halides is 3. The van der Waals surface area contributed by atoms with Gasteiger partial charge in [-0.05, 0) is 52.7 Å². The highest BCUT2D eigenvalue weighted by Crippen LogP contribution is 2.29. The molecule has 0 saturated carbocycles. The van der Waals surface area contributed by atoms with Crippen LogP contribution in [0.5, 0.6) is 0 Å². The smallest absolute Gasteiger partial charge is 0.324 e. The van der Waals surface area contributed by atoms with Crippen molar-refractivity contribution in [2.24, 2.45) is 0 Å². The molecule has 0 bridgehead atoms. The van der Waals surface area contributed by atoms with Crippen molar-refractivity contribution in [2.45, 2.75) is 18.1 Å². The predicted molar refractivity (Wildman–Crippen MR) is 87.5 cm³/mol. The van der Waals surface area contributed by atoms with Gasteiger partial charge >= 0.3 is 6.18 Å². The van der Waals surface area contributed by atoms with Crippen LogP contribution in [-0.4, -0.2) is 16.6 Å².